The van der Waals surface area contributed by atoms with Gasteiger partial charge in [0.15, 0.2) is 5.82 Å². The van der Waals surface area contributed by atoms with E-state index in [9.17, 15) is 4.39 Å². The molecule has 0 aliphatic carbocycles. The summed E-state index contributed by atoms with van der Waals surface area (Å²) in [6, 6.07) is 0. The molecule has 10 heavy (non-hydrogen) atoms. The molecule has 0 unspecified atom stereocenters. The smallest absolute Gasteiger partial charge is 0.152 e. The van der Waals surface area contributed by atoms with Gasteiger partial charge in [0, 0.05) is 0 Å². The molecule has 0 saturated carbocycles. The molecule has 1 N–H and O–H groups in total. The molecule has 0 spiro atoms. The van der Waals surface area contributed by atoms with Crippen LogP contribution in [-0.4, -0.2) is 15.2 Å². The fourth-order valence-corrected chi connectivity index (χ4v) is 0.832. The third-order valence-electron chi connectivity index (χ3n) is 1.32. The number of hydrogen-bond donors (Lipinski definition) is 1. The molecule has 3 nitrogen and oxygen atoms in total. The van der Waals surface area contributed by atoms with Crippen molar-refractivity contribution in [3.05, 3.63) is 24.4 Å². The molecule has 2 heterocycles. The summed E-state index contributed by atoms with van der Waals surface area (Å²) in [5.41, 5.74) is 0.625. The van der Waals surface area contributed by atoms with Crippen LogP contribution in [0.25, 0.3) is 10.9 Å². The van der Waals surface area contributed by atoms with Crippen LogP contribution in [-0.2, 0) is 0 Å². The van der Waals surface area contributed by atoms with Gasteiger partial charge in [-0.2, -0.15) is 5.10 Å². The van der Waals surface area contributed by atoms with Crippen molar-refractivity contribution in [3.63, 3.8) is 0 Å². The van der Waals surface area contributed by atoms with E-state index in [0.29, 0.717) is 10.9 Å². The average molecular weight is 137 g/mol. The van der Waals surface area contributed by atoms with Crippen molar-refractivity contribution < 1.29 is 4.39 Å². The summed E-state index contributed by atoms with van der Waals surface area (Å²) >= 11 is 0. The number of pyridine rings is 1. The first-order chi connectivity index (χ1) is 4.88. The van der Waals surface area contributed by atoms with E-state index in [1.165, 1.54) is 12.4 Å². The zero-order valence-electron chi connectivity index (χ0n) is 5.00. The highest BCUT2D eigenvalue weighted by molar-refractivity contribution is 5.76. The zero-order chi connectivity index (χ0) is 6.97. The van der Waals surface area contributed by atoms with Crippen molar-refractivity contribution in [1.82, 2.24) is 15.2 Å². The van der Waals surface area contributed by atoms with Gasteiger partial charge in [-0.3, -0.25) is 10.1 Å². The summed E-state index contributed by atoms with van der Waals surface area (Å²) < 4.78 is 12.7. The summed E-state index contributed by atoms with van der Waals surface area (Å²) in [6.45, 7) is 0. The molecule has 2 aromatic heterocycles. The number of nitrogens with one attached hydrogen (secondary N) is 1. The minimum absolute atomic E-state index is 0.341. The van der Waals surface area contributed by atoms with E-state index in [1.807, 2.05) is 0 Å². The molecule has 0 saturated heterocycles. The van der Waals surface area contributed by atoms with Crippen LogP contribution in [0.15, 0.2) is 18.6 Å². The van der Waals surface area contributed by atoms with Gasteiger partial charge in [0.2, 0.25) is 0 Å². The summed E-state index contributed by atoms with van der Waals surface area (Å²) in [4.78, 5) is 3.64. The molecule has 0 amide bonds. The highest BCUT2D eigenvalue weighted by atomic mass is 19.1. The maximum atomic E-state index is 12.7. The molecule has 50 valence electrons. The second-order valence-electron chi connectivity index (χ2n) is 1.95. The van der Waals surface area contributed by atoms with Crippen LogP contribution in [0.1, 0.15) is 0 Å². The SMILES string of the molecule is Fc1cncc2[nH]ncc12. The van der Waals surface area contributed by atoms with Gasteiger partial charge in [-0.05, 0) is 0 Å². The third-order valence-corrected chi connectivity index (χ3v) is 1.32. The molecule has 0 aliphatic rings. The highest BCUT2D eigenvalue weighted by Crippen LogP contribution is 2.11. The van der Waals surface area contributed by atoms with E-state index in [-0.39, 0.29) is 5.82 Å². The molecule has 4 heteroatoms. The highest BCUT2D eigenvalue weighted by Gasteiger charge is 1.99. The molecule has 0 radical (unpaired) electrons. The van der Waals surface area contributed by atoms with Crippen LogP contribution < -0.4 is 0 Å². The van der Waals surface area contributed by atoms with Crippen molar-refractivity contribution >= 4 is 10.9 Å². The Balaban J connectivity index is 2.95. The van der Waals surface area contributed by atoms with Gasteiger partial charge in [0.25, 0.3) is 0 Å². The summed E-state index contributed by atoms with van der Waals surface area (Å²) in [7, 11) is 0. The van der Waals surface area contributed by atoms with E-state index >= 15 is 0 Å². The molecule has 0 fully saturated rings. The van der Waals surface area contributed by atoms with E-state index in [2.05, 4.69) is 15.2 Å². The van der Waals surface area contributed by atoms with Gasteiger partial charge in [0.05, 0.1) is 29.5 Å². The summed E-state index contributed by atoms with van der Waals surface area (Å²) in [5.74, 6) is -0.341. The molecular formula is C6H4FN3. The van der Waals surface area contributed by atoms with Crippen molar-refractivity contribution in [2.75, 3.05) is 0 Å². The lowest BCUT2D eigenvalue weighted by Gasteiger charge is -1.86. The van der Waals surface area contributed by atoms with Gasteiger partial charge in [-0.25, -0.2) is 4.39 Å². The number of nitrogens with zero attached hydrogens (tertiary/aromatic N) is 2. The van der Waals surface area contributed by atoms with E-state index in [4.69, 9.17) is 0 Å². The largest absolute Gasteiger partial charge is 0.276 e. The van der Waals surface area contributed by atoms with Gasteiger partial charge >= 0.3 is 0 Å². The second-order valence-corrected chi connectivity index (χ2v) is 1.95. The quantitative estimate of drug-likeness (QED) is 0.590. The molecule has 0 bridgehead atoms. The monoisotopic (exact) mass is 137 g/mol. The summed E-state index contributed by atoms with van der Waals surface area (Å²) in [5, 5.41) is 6.75. The molecule has 0 aromatic carbocycles. The van der Waals surface area contributed by atoms with Crippen LogP contribution in [0.5, 0.6) is 0 Å². The maximum Gasteiger partial charge on any atom is 0.152 e. The average Bonchev–Trinajstić information content (AvgIpc) is 2.36. The second kappa shape index (κ2) is 1.76. The lowest BCUT2D eigenvalue weighted by molar-refractivity contribution is 0.634. The molecular weight excluding hydrogens is 133 g/mol. The van der Waals surface area contributed by atoms with Crippen LogP contribution in [0.4, 0.5) is 4.39 Å². The first-order valence-corrected chi connectivity index (χ1v) is 2.80. The predicted octanol–water partition coefficient (Wildman–Crippen LogP) is 1.10. The Bertz CT molecular complexity index is 355. The van der Waals surface area contributed by atoms with Crippen LogP contribution in [0.3, 0.4) is 0 Å². The van der Waals surface area contributed by atoms with E-state index in [0.717, 1.165) is 6.20 Å². The van der Waals surface area contributed by atoms with E-state index < -0.39 is 0 Å². The van der Waals surface area contributed by atoms with E-state index in [1.54, 1.807) is 0 Å². The Morgan fingerprint density at radius 2 is 2.20 bits per heavy atom. The number of aromatic amines is 1. The van der Waals surface area contributed by atoms with Gasteiger partial charge in [-0.15, -0.1) is 0 Å². The van der Waals surface area contributed by atoms with Gasteiger partial charge in [0.1, 0.15) is 0 Å². The number of hydrogen-bond acceptors (Lipinski definition) is 2. The number of fused-ring (bicyclic) bond motifs is 1. The normalized spacial score (nSPS) is 10.5. The lowest BCUT2D eigenvalue weighted by atomic mass is 10.3. The third kappa shape index (κ3) is 0.586. The van der Waals surface area contributed by atoms with Crippen molar-refractivity contribution in [2.24, 2.45) is 0 Å². The number of H-pyrrole nitrogens is 1. The Labute approximate surface area is 55.9 Å². The molecule has 0 atom stereocenters. The Morgan fingerprint density at radius 1 is 1.30 bits per heavy atom. The van der Waals surface area contributed by atoms with Gasteiger partial charge < -0.3 is 0 Å². The summed E-state index contributed by atoms with van der Waals surface area (Å²) in [6.07, 6.45) is 4.13. The van der Waals surface area contributed by atoms with Crippen molar-refractivity contribution in [3.8, 4) is 0 Å². The lowest BCUT2D eigenvalue weighted by Crippen LogP contribution is -1.77. The first-order valence-electron chi connectivity index (χ1n) is 2.80. The molecule has 2 aromatic rings. The van der Waals surface area contributed by atoms with Crippen LogP contribution in [0.2, 0.25) is 0 Å². The maximum absolute atomic E-state index is 12.7. The fourth-order valence-electron chi connectivity index (χ4n) is 0.832. The van der Waals surface area contributed by atoms with Crippen molar-refractivity contribution in [2.45, 2.75) is 0 Å². The predicted molar refractivity (Wildman–Crippen MR) is 33.8 cm³/mol. The minimum Gasteiger partial charge on any atom is -0.276 e. The van der Waals surface area contributed by atoms with Gasteiger partial charge in [-0.1, -0.05) is 0 Å². The number of aromatic nitrogens is 3. The Morgan fingerprint density at radius 3 is 3.00 bits per heavy atom. The zero-order valence-corrected chi connectivity index (χ0v) is 5.00. The van der Waals surface area contributed by atoms with Crippen LogP contribution in [0, 0.1) is 5.82 Å². The first kappa shape index (κ1) is 5.34. The topological polar surface area (TPSA) is 41.6 Å². The number of rotatable bonds is 0. The van der Waals surface area contributed by atoms with Crippen LogP contribution >= 0.6 is 0 Å². The molecule has 0 aliphatic heterocycles. The standard InChI is InChI=1S/C6H4FN3/c7-5-2-8-3-6-4(5)1-9-10-6/h1-3H,(H,9,10). The number of halogens is 1. The Hall–Kier alpha value is -1.45. The van der Waals surface area contributed by atoms with Crippen molar-refractivity contribution in [1.29, 1.82) is 0 Å². The minimum atomic E-state index is -0.341. The fraction of sp³-hybridized carbons (Fsp3) is 0. The molecule has 2 rings (SSSR count). The Kier molecular flexibility index (Phi) is 0.943.